The Balaban J connectivity index is 1.68. The number of hydrogen-bond acceptors (Lipinski definition) is 2. The third-order valence-electron chi connectivity index (χ3n) is 4.86. The van der Waals surface area contributed by atoms with Gasteiger partial charge in [0.15, 0.2) is 0 Å². The van der Waals surface area contributed by atoms with E-state index in [2.05, 4.69) is 42.6 Å². The fourth-order valence-electron chi connectivity index (χ4n) is 3.52. The summed E-state index contributed by atoms with van der Waals surface area (Å²) in [5.74, 6) is 0.0850. The quantitative estimate of drug-likeness (QED) is 0.738. The van der Waals surface area contributed by atoms with Crippen molar-refractivity contribution < 1.29 is 4.79 Å². The lowest BCUT2D eigenvalue weighted by molar-refractivity contribution is 0.0685. The number of nitrogens with zero attached hydrogens (tertiary/aromatic N) is 1. The average Bonchev–Trinajstić information content (AvgIpc) is 2.68. The summed E-state index contributed by atoms with van der Waals surface area (Å²) in [7, 11) is 0. The molecule has 0 radical (unpaired) electrons. The van der Waals surface area contributed by atoms with E-state index in [-0.39, 0.29) is 12.1 Å². The van der Waals surface area contributed by atoms with Gasteiger partial charge in [-0.05, 0) is 36.6 Å². The van der Waals surface area contributed by atoms with Crippen molar-refractivity contribution in [3.8, 4) is 0 Å². The van der Waals surface area contributed by atoms with Gasteiger partial charge in [-0.2, -0.15) is 0 Å². The fourth-order valence-corrected chi connectivity index (χ4v) is 3.52. The molecule has 4 rings (SSSR count). The van der Waals surface area contributed by atoms with Crippen molar-refractivity contribution in [3.63, 3.8) is 0 Å². The van der Waals surface area contributed by atoms with Crippen molar-refractivity contribution in [3.05, 3.63) is 101 Å². The number of carbonyl (C=O) groups excluding carboxylic acids is 1. The van der Waals surface area contributed by atoms with Crippen molar-refractivity contribution in [2.45, 2.75) is 19.5 Å². The summed E-state index contributed by atoms with van der Waals surface area (Å²) < 4.78 is 0. The minimum Gasteiger partial charge on any atom is -0.361 e. The molecular formula is C23H22N2O. The van der Waals surface area contributed by atoms with E-state index in [1.165, 1.54) is 11.1 Å². The van der Waals surface area contributed by atoms with E-state index < -0.39 is 0 Å². The van der Waals surface area contributed by atoms with Crippen molar-refractivity contribution in [1.82, 2.24) is 4.90 Å². The highest BCUT2D eigenvalue weighted by atomic mass is 16.2. The van der Waals surface area contributed by atoms with Crippen LogP contribution in [0.15, 0.2) is 78.9 Å². The molecule has 0 bridgehead atoms. The van der Waals surface area contributed by atoms with Crippen LogP contribution in [0, 0.1) is 6.92 Å². The molecule has 1 aliphatic heterocycles. The van der Waals surface area contributed by atoms with Gasteiger partial charge in [0.25, 0.3) is 5.91 Å². The molecule has 26 heavy (non-hydrogen) atoms. The van der Waals surface area contributed by atoms with E-state index >= 15 is 0 Å². The number of hydrogen-bond donors (Lipinski definition) is 1. The molecular weight excluding hydrogens is 320 g/mol. The summed E-state index contributed by atoms with van der Waals surface area (Å²) in [5.41, 5.74) is 5.19. The second kappa shape index (κ2) is 7.04. The van der Waals surface area contributed by atoms with Gasteiger partial charge >= 0.3 is 0 Å². The summed E-state index contributed by atoms with van der Waals surface area (Å²) in [6.45, 7) is 2.75. The molecule has 130 valence electrons. The maximum atomic E-state index is 13.2. The standard InChI is InChI=1S/C23H22N2O/c1-17-8-7-11-19(16-17)22-24-21-13-6-5-12-20(21)23(26)25(22)15-14-18-9-3-2-4-10-18/h2-13,16,22,24H,14-15H2,1H3. The first kappa shape index (κ1) is 16.4. The highest BCUT2D eigenvalue weighted by molar-refractivity contribution is 6.01. The zero-order chi connectivity index (χ0) is 17.9. The van der Waals surface area contributed by atoms with Gasteiger partial charge in [-0.1, -0.05) is 72.3 Å². The molecule has 1 atom stereocenters. The highest BCUT2D eigenvalue weighted by Crippen LogP contribution is 2.33. The van der Waals surface area contributed by atoms with E-state index in [9.17, 15) is 4.79 Å². The van der Waals surface area contributed by atoms with Crippen LogP contribution in [0.4, 0.5) is 5.69 Å². The Kier molecular flexibility index (Phi) is 4.44. The third-order valence-corrected chi connectivity index (χ3v) is 4.86. The minimum absolute atomic E-state index is 0.0850. The van der Waals surface area contributed by atoms with E-state index in [4.69, 9.17) is 0 Å². The second-order valence-corrected chi connectivity index (χ2v) is 6.74. The van der Waals surface area contributed by atoms with Gasteiger partial charge in [-0.25, -0.2) is 0 Å². The van der Waals surface area contributed by atoms with Crippen LogP contribution in [0.25, 0.3) is 0 Å². The first-order valence-electron chi connectivity index (χ1n) is 8.99. The normalized spacial score (nSPS) is 16.1. The molecule has 0 saturated heterocycles. The molecule has 0 spiro atoms. The predicted octanol–water partition coefficient (Wildman–Crippen LogP) is 4.80. The first-order chi connectivity index (χ1) is 12.7. The number of anilines is 1. The SMILES string of the molecule is Cc1cccc(C2Nc3ccccc3C(=O)N2CCc2ccccc2)c1. The second-order valence-electron chi connectivity index (χ2n) is 6.74. The topological polar surface area (TPSA) is 32.3 Å². The molecule has 3 heteroatoms. The van der Waals surface area contributed by atoms with Crippen LogP contribution in [0.2, 0.25) is 0 Å². The zero-order valence-electron chi connectivity index (χ0n) is 14.9. The molecule has 3 aromatic rings. The Morgan fingerprint density at radius 3 is 2.50 bits per heavy atom. The number of amides is 1. The van der Waals surface area contributed by atoms with Crippen molar-refractivity contribution in [1.29, 1.82) is 0 Å². The minimum atomic E-state index is -0.152. The maximum Gasteiger partial charge on any atom is 0.257 e. The molecule has 1 amide bonds. The number of carbonyl (C=O) groups is 1. The maximum absolute atomic E-state index is 13.2. The Morgan fingerprint density at radius 2 is 1.69 bits per heavy atom. The molecule has 1 heterocycles. The summed E-state index contributed by atoms with van der Waals surface area (Å²) in [4.78, 5) is 15.1. The van der Waals surface area contributed by atoms with E-state index in [0.717, 1.165) is 23.2 Å². The summed E-state index contributed by atoms with van der Waals surface area (Å²) in [5, 5.41) is 3.56. The van der Waals surface area contributed by atoms with Gasteiger partial charge in [0.2, 0.25) is 0 Å². The monoisotopic (exact) mass is 342 g/mol. The molecule has 0 fully saturated rings. The zero-order valence-corrected chi connectivity index (χ0v) is 14.9. The lowest BCUT2D eigenvalue weighted by atomic mass is 10.0. The van der Waals surface area contributed by atoms with Crippen molar-refractivity contribution in [2.24, 2.45) is 0 Å². The molecule has 1 aliphatic rings. The number of benzene rings is 3. The molecule has 0 saturated carbocycles. The van der Waals surface area contributed by atoms with E-state index in [0.29, 0.717) is 6.54 Å². The van der Waals surface area contributed by atoms with E-state index in [1.54, 1.807) is 0 Å². The Hall–Kier alpha value is -3.07. The van der Waals surface area contributed by atoms with Gasteiger partial charge in [0.1, 0.15) is 6.17 Å². The summed E-state index contributed by atoms with van der Waals surface area (Å²) in [6.07, 6.45) is 0.680. The summed E-state index contributed by atoms with van der Waals surface area (Å²) in [6, 6.07) is 26.4. The van der Waals surface area contributed by atoms with Crippen LogP contribution >= 0.6 is 0 Å². The van der Waals surface area contributed by atoms with Crippen LogP contribution < -0.4 is 5.32 Å². The third kappa shape index (κ3) is 3.21. The number of nitrogens with one attached hydrogen (secondary N) is 1. The van der Waals surface area contributed by atoms with Crippen molar-refractivity contribution in [2.75, 3.05) is 11.9 Å². The largest absolute Gasteiger partial charge is 0.361 e. The summed E-state index contributed by atoms with van der Waals surface area (Å²) >= 11 is 0. The molecule has 1 unspecified atom stereocenters. The molecule has 3 nitrogen and oxygen atoms in total. The predicted molar refractivity (Wildman–Crippen MR) is 105 cm³/mol. The van der Waals surface area contributed by atoms with Gasteiger partial charge in [0.05, 0.1) is 5.56 Å². The van der Waals surface area contributed by atoms with Crippen LogP contribution in [-0.4, -0.2) is 17.4 Å². The molecule has 1 N–H and O–H groups in total. The fraction of sp³-hybridized carbons (Fsp3) is 0.174. The van der Waals surface area contributed by atoms with Gasteiger partial charge in [-0.15, -0.1) is 0 Å². The van der Waals surface area contributed by atoms with Crippen molar-refractivity contribution >= 4 is 11.6 Å². The number of aryl methyl sites for hydroxylation is 1. The Labute approximate surface area is 154 Å². The van der Waals surface area contributed by atoms with Gasteiger partial charge in [-0.3, -0.25) is 4.79 Å². The number of rotatable bonds is 4. The Bertz CT molecular complexity index is 920. The Morgan fingerprint density at radius 1 is 0.923 bits per heavy atom. The van der Waals surface area contributed by atoms with Crippen LogP contribution in [0.5, 0.6) is 0 Å². The lowest BCUT2D eigenvalue weighted by Gasteiger charge is -2.38. The van der Waals surface area contributed by atoms with Crippen LogP contribution in [0.3, 0.4) is 0 Å². The van der Waals surface area contributed by atoms with Gasteiger partial charge < -0.3 is 10.2 Å². The van der Waals surface area contributed by atoms with Crippen LogP contribution in [-0.2, 0) is 6.42 Å². The first-order valence-corrected chi connectivity index (χ1v) is 8.99. The van der Waals surface area contributed by atoms with E-state index in [1.807, 2.05) is 53.4 Å². The van der Waals surface area contributed by atoms with Gasteiger partial charge in [0, 0.05) is 12.2 Å². The molecule has 3 aromatic carbocycles. The molecule has 0 aromatic heterocycles. The smallest absolute Gasteiger partial charge is 0.257 e. The lowest BCUT2D eigenvalue weighted by Crippen LogP contribution is -2.44. The highest BCUT2D eigenvalue weighted by Gasteiger charge is 2.32. The molecule has 0 aliphatic carbocycles. The average molecular weight is 342 g/mol. The number of fused-ring (bicyclic) bond motifs is 1. The van der Waals surface area contributed by atoms with Crippen LogP contribution in [0.1, 0.15) is 33.2 Å². The number of para-hydroxylation sites is 1.